The first kappa shape index (κ1) is 24.8. The Morgan fingerprint density at radius 3 is 2.12 bits per heavy atom. The van der Waals surface area contributed by atoms with Crippen molar-refractivity contribution in [1.29, 1.82) is 0 Å². The Morgan fingerprint density at radius 1 is 0.882 bits per heavy atom. The molecule has 0 aromatic heterocycles. The molecule has 3 aromatic rings. The maximum Gasteiger partial charge on any atom is 0.411 e. The van der Waals surface area contributed by atoms with Crippen LogP contribution < -0.4 is 14.9 Å². The summed E-state index contributed by atoms with van der Waals surface area (Å²) in [6, 6.07) is 21.1. The molecule has 0 atom stereocenters. The first-order valence-corrected chi connectivity index (χ1v) is 12.1. The van der Waals surface area contributed by atoms with E-state index in [0.717, 1.165) is 0 Å². The summed E-state index contributed by atoms with van der Waals surface area (Å²) in [5, 5.41) is 5.35. The molecule has 178 valence electrons. The SMILES string of the molecule is CC(C)COC(=O)Nc1cccc(NC(=O)c2ccc(S(=O)(=O)N(C)c3ccccc3)cc2)c1. The molecule has 9 heteroatoms. The number of nitrogens with zero attached hydrogens (tertiary/aromatic N) is 1. The van der Waals surface area contributed by atoms with Crippen LogP contribution >= 0.6 is 0 Å². The quantitative estimate of drug-likeness (QED) is 0.473. The second-order valence-electron chi connectivity index (χ2n) is 7.98. The lowest BCUT2D eigenvalue weighted by Gasteiger charge is -2.19. The third kappa shape index (κ3) is 6.35. The summed E-state index contributed by atoms with van der Waals surface area (Å²) < 4.78 is 32.1. The van der Waals surface area contributed by atoms with Crippen molar-refractivity contribution in [3.63, 3.8) is 0 Å². The van der Waals surface area contributed by atoms with E-state index in [1.54, 1.807) is 48.5 Å². The minimum absolute atomic E-state index is 0.0708. The fraction of sp³-hybridized carbons (Fsp3) is 0.200. The number of carbonyl (C=O) groups excluding carboxylic acids is 2. The van der Waals surface area contributed by atoms with E-state index in [1.807, 2.05) is 19.9 Å². The lowest BCUT2D eigenvalue weighted by atomic mass is 10.2. The first-order chi connectivity index (χ1) is 16.2. The molecule has 3 aromatic carbocycles. The molecular weight excluding hydrogens is 454 g/mol. The van der Waals surface area contributed by atoms with Gasteiger partial charge in [0, 0.05) is 24.0 Å². The second-order valence-corrected chi connectivity index (χ2v) is 9.95. The fourth-order valence-corrected chi connectivity index (χ4v) is 4.18. The normalized spacial score (nSPS) is 11.1. The summed E-state index contributed by atoms with van der Waals surface area (Å²) in [5.41, 5.74) is 1.76. The minimum Gasteiger partial charge on any atom is -0.449 e. The van der Waals surface area contributed by atoms with Gasteiger partial charge in [-0.05, 0) is 60.5 Å². The lowest BCUT2D eigenvalue weighted by molar-refractivity contribution is 0.102. The summed E-state index contributed by atoms with van der Waals surface area (Å²) >= 11 is 0. The van der Waals surface area contributed by atoms with Gasteiger partial charge in [-0.15, -0.1) is 0 Å². The van der Waals surface area contributed by atoms with Crippen LogP contribution in [0.3, 0.4) is 0 Å². The number of carbonyl (C=O) groups is 2. The van der Waals surface area contributed by atoms with Crippen molar-refractivity contribution in [2.24, 2.45) is 5.92 Å². The average Bonchev–Trinajstić information content (AvgIpc) is 2.83. The number of benzene rings is 3. The number of hydrogen-bond donors (Lipinski definition) is 2. The number of hydrogen-bond acceptors (Lipinski definition) is 5. The number of rotatable bonds is 8. The highest BCUT2D eigenvalue weighted by atomic mass is 32.2. The highest BCUT2D eigenvalue weighted by Gasteiger charge is 2.21. The van der Waals surface area contributed by atoms with Crippen molar-refractivity contribution in [2.45, 2.75) is 18.7 Å². The van der Waals surface area contributed by atoms with Gasteiger partial charge in [0.2, 0.25) is 0 Å². The number of para-hydroxylation sites is 1. The lowest BCUT2D eigenvalue weighted by Crippen LogP contribution is -2.26. The van der Waals surface area contributed by atoms with E-state index in [-0.39, 0.29) is 16.4 Å². The van der Waals surface area contributed by atoms with Gasteiger partial charge < -0.3 is 10.1 Å². The van der Waals surface area contributed by atoms with Gasteiger partial charge in [-0.2, -0.15) is 0 Å². The van der Waals surface area contributed by atoms with E-state index in [9.17, 15) is 18.0 Å². The molecule has 0 heterocycles. The zero-order valence-electron chi connectivity index (χ0n) is 19.2. The molecule has 0 saturated heterocycles. The average molecular weight is 482 g/mol. The number of sulfonamides is 1. The molecular formula is C25H27N3O5S. The fourth-order valence-electron chi connectivity index (χ4n) is 2.99. The Hall–Kier alpha value is -3.85. The van der Waals surface area contributed by atoms with Crippen LogP contribution in [-0.2, 0) is 14.8 Å². The third-order valence-electron chi connectivity index (χ3n) is 4.81. The van der Waals surface area contributed by atoms with Gasteiger partial charge in [-0.25, -0.2) is 13.2 Å². The molecule has 0 aliphatic rings. The molecule has 2 amide bonds. The summed E-state index contributed by atoms with van der Waals surface area (Å²) in [6.45, 7) is 4.18. The van der Waals surface area contributed by atoms with Crippen LogP contribution in [0.15, 0.2) is 83.8 Å². The maximum atomic E-state index is 12.9. The van der Waals surface area contributed by atoms with Crippen LogP contribution in [0.1, 0.15) is 24.2 Å². The van der Waals surface area contributed by atoms with Crippen LogP contribution in [0.25, 0.3) is 0 Å². The molecule has 8 nitrogen and oxygen atoms in total. The van der Waals surface area contributed by atoms with Crippen LogP contribution in [0.2, 0.25) is 0 Å². The monoisotopic (exact) mass is 481 g/mol. The van der Waals surface area contributed by atoms with Crippen molar-refractivity contribution in [3.8, 4) is 0 Å². The van der Waals surface area contributed by atoms with Crippen molar-refractivity contribution in [3.05, 3.63) is 84.4 Å². The molecule has 3 rings (SSSR count). The number of ether oxygens (including phenoxy) is 1. The van der Waals surface area contributed by atoms with Crippen LogP contribution in [-0.4, -0.2) is 34.1 Å². The van der Waals surface area contributed by atoms with Crippen LogP contribution in [0.4, 0.5) is 21.9 Å². The maximum absolute atomic E-state index is 12.9. The standard InChI is InChI=1S/C25H27N3O5S/c1-18(2)17-33-25(30)27-21-9-7-8-20(16-21)26-24(29)19-12-14-23(15-13-19)34(31,32)28(3)22-10-5-4-6-11-22/h4-16,18H,17H2,1-3H3,(H,26,29)(H,27,30). The van der Waals surface area contributed by atoms with Crippen LogP contribution in [0, 0.1) is 5.92 Å². The summed E-state index contributed by atoms with van der Waals surface area (Å²) in [6.07, 6.45) is -0.575. The van der Waals surface area contributed by atoms with E-state index in [1.165, 1.54) is 35.6 Å². The highest BCUT2D eigenvalue weighted by molar-refractivity contribution is 7.92. The third-order valence-corrected chi connectivity index (χ3v) is 6.61. The molecule has 0 spiro atoms. The summed E-state index contributed by atoms with van der Waals surface area (Å²) in [4.78, 5) is 24.6. The van der Waals surface area contributed by atoms with Crippen molar-refractivity contribution >= 4 is 39.1 Å². The predicted octanol–water partition coefficient (Wildman–Crippen LogP) is 4.97. The van der Waals surface area contributed by atoms with Crippen molar-refractivity contribution in [2.75, 3.05) is 28.6 Å². The Balaban J connectivity index is 1.67. The molecule has 0 saturated carbocycles. The molecule has 2 N–H and O–H groups in total. The first-order valence-electron chi connectivity index (χ1n) is 10.7. The number of amides is 2. The van der Waals surface area contributed by atoms with Gasteiger partial charge in [0.05, 0.1) is 17.2 Å². The number of anilines is 3. The largest absolute Gasteiger partial charge is 0.449 e. The summed E-state index contributed by atoms with van der Waals surface area (Å²) in [7, 11) is -2.29. The van der Waals surface area contributed by atoms with E-state index in [2.05, 4.69) is 10.6 Å². The predicted molar refractivity (Wildman–Crippen MR) is 133 cm³/mol. The van der Waals surface area contributed by atoms with Gasteiger partial charge >= 0.3 is 6.09 Å². The van der Waals surface area contributed by atoms with Gasteiger partial charge in [-0.1, -0.05) is 38.1 Å². The molecule has 0 unspecified atom stereocenters. The Morgan fingerprint density at radius 2 is 1.50 bits per heavy atom. The zero-order valence-corrected chi connectivity index (χ0v) is 20.0. The van der Waals surface area contributed by atoms with Gasteiger partial charge in [0.25, 0.3) is 15.9 Å². The van der Waals surface area contributed by atoms with Crippen molar-refractivity contribution < 1.29 is 22.7 Å². The zero-order chi connectivity index (χ0) is 24.7. The molecule has 0 fully saturated rings. The van der Waals surface area contributed by atoms with Gasteiger partial charge in [0.15, 0.2) is 0 Å². The van der Waals surface area contributed by atoms with Gasteiger partial charge in [0.1, 0.15) is 0 Å². The second kappa shape index (κ2) is 10.8. The summed E-state index contributed by atoms with van der Waals surface area (Å²) in [5.74, 6) is -0.198. The Labute approximate surface area is 199 Å². The number of nitrogens with one attached hydrogen (secondary N) is 2. The van der Waals surface area contributed by atoms with Crippen LogP contribution in [0.5, 0.6) is 0 Å². The molecule has 0 aliphatic carbocycles. The molecule has 0 aliphatic heterocycles. The van der Waals surface area contributed by atoms with Crippen molar-refractivity contribution in [1.82, 2.24) is 0 Å². The van der Waals surface area contributed by atoms with Gasteiger partial charge in [-0.3, -0.25) is 14.4 Å². The molecule has 34 heavy (non-hydrogen) atoms. The smallest absolute Gasteiger partial charge is 0.411 e. The van der Waals surface area contributed by atoms with E-state index < -0.39 is 22.0 Å². The molecule has 0 radical (unpaired) electrons. The minimum atomic E-state index is -3.77. The topological polar surface area (TPSA) is 105 Å². The highest BCUT2D eigenvalue weighted by Crippen LogP contribution is 2.22. The van der Waals surface area contributed by atoms with E-state index in [4.69, 9.17) is 4.74 Å². The van der Waals surface area contributed by atoms with E-state index in [0.29, 0.717) is 23.7 Å². The van der Waals surface area contributed by atoms with E-state index >= 15 is 0 Å². The Kier molecular flexibility index (Phi) is 7.91. The Bertz CT molecular complexity index is 1240. The molecule has 0 bridgehead atoms.